The van der Waals surface area contributed by atoms with Crippen LogP contribution in [-0.4, -0.2) is 29.6 Å². The zero-order valence-corrected chi connectivity index (χ0v) is 9.49. The fourth-order valence-electron chi connectivity index (χ4n) is 1.24. The summed E-state index contributed by atoms with van der Waals surface area (Å²) in [5.41, 5.74) is 5.40. The first kappa shape index (κ1) is 13.9. The number of hydrogen-bond acceptors (Lipinski definition) is 3. The molecule has 0 aliphatic carbocycles. The van der Waals surface area contributed by atoms with E-state index in [0.717, 1.165) is 0 Å². The first-order valence-electron chi connectivity index (χ1n) is 5.17. The highest BCUT2D eigenvalue weighted by Crippen LogP contribution is 2.05. The molecule has 0 saturated heterocycles. The molecule has 0 radical (unpaired) electrons. The molecule has 1 amide bonds. The van der Waals surface area contributed by atoms with Crippen molar-refractivity contribution in [2.75, 3.05) is 6.54 Å². The molecule has 0 heterocycles. The van der Waals surface area contributed by atoms with Crippen molar-refractivity contribution in [1.29, 1.82) is 0 Å². The first-order valence-corrected chi connectivity index (χ1v) is 5.17. The van der Waals surface area contributed by atoms with Crippen molar-refractivity contribution < 1.29 is 14.7 Å². The van der Waals surface area contributed by atoms with Gasteiger partial charge in [-0.3, -0.25) is 4.79 Å². The van der Waals surface area contributed by atoms with Crippen LogP contribution in [0.4, 0.5) is 0 Å². The van der Waals surface area contributed by atoms with Crippen LogP contribution in [0, 0.1) is 11.8 Å². The minimum atomic E-state index is -1.01. The van der Waals surface area contributed by atoms with Crippen LogP contribution in [0.3, 0.4) is 0 Å². The Bertz CT molecular complexity index is 225. The molecule has 5 heteroatoms. The van der Waals surface area contributed by atoms with Gasteiger partial charge in [0, 0.05) is 12.5 Å². The summed E-state index contributed by atoms with van der Waals surface area (Å²) in [6.45, 7) is 5.60. The zero-order chi connectivity index (χ0) is 12.0. The predicted molar refractivity (Wildman–Crippen MR) is 57.2 cm³/mol. The Morgan fingerprint density at radius 3 is 2.20 bits per heavy atom. The fourth-order valence-corrected chi connectivity index (χ4v) is 1.24. The summed E-state index contributed by atoms with van der Waals surface area (Å²) < 4.78 is 0. The Kier molecular flexibility index (Phi) is 5.93. The van der Waals surface area contributed by atoms with Crippen LogP contribution >= 0.6 is 0 Å². The lowest BCUT2D eigenvalue weighted by atomic mass is 10.0. The van der Waals surface area contributed by atoms with Gasteiger partial charge in [-0.2, -0.15) is 0 Å². The number of nitrogens with one attached hydrogen (secondary N) is 1. The van der Waals surface area contributed by atoms with E-state index in [1.165, 1.54) is 0 Å². The molecular formula is C10H20N2O3. The van der Waals surface area contributed by atoms with Crippen LogP contribution in [-0.2, 0) is 9.59 Å². The summed E-state index contributed by atoms with van der Waals surface area (Å²) in [6.07, 6.45) is 0.618. The summed E-state index contributed by atoms with van der Waals surface area (Å²) in [6, 6.07) is -0.835. The van der Waals surface area contributed by atoms with Crippen LogP contribution in [0.15, 0.2) is 0 Å². The number of hydrogen-bond donors (Lipinski definition) is 3. The van der Waals surface area contributed by atoms with Gasteiger partial charge in [-0.15, -0.1) is 0 Å². The molecule has 0 aliphatic rings. The molecule has 88 valence electrons. The summed E-state index contributed by atoms with van der Waals surface area (Å²) >= 11 is 0. The molecule has 0 saturated carbocycles. The van der Waals surface area contributed by atoms with E-state index in [1.807, 2.05) is 6.92 Å². The summed E-state index contributed by atoms with van der Waals surface area (Å²) in [7, 11) is 0. The van der Waals surface area contributed by atoms with Gasteiger partial charge >= 0.3 is 5.97 Å². The van der Waals surface area contributed by atoms with Crippen molar-refractivity contribution in [2.24, 2.45) is 17.6 Å². The van der Waals surface area contributed by atoms with Crippen molar-refractivity contribution in [2.45, 2.75) is 33.2 Å². The fraction of sp³-hybridized carbons (Fsp3) is 0.800. The van der Waals surface area contributed by atoms with E-state index in [4.69, 9.17) is 10.8 Å². The second-order valence-electron chi connectivity index (χ2n) is 3.91. The van der Waals surface area contributed by atoms with Gasteiger partial charge in [-0.1, -0.05) is 20.8 Å². The average molecular weight is 216 g/mol. The quantitative estimate of drug-likeness (QED) is 0.591. The highest BCUT2D eigenvalue weighted by Gasteiger charge is 2.25. The van der Waals surface area contributed by atoms with Crippen LogP contribution < -0.4 is 11.1 Å². The van der Waals surface area contributed by atoms with E-state index in [2.05, 4.69) is 5.32 Å². The molecule has 0 bridgehead atoms. The third-order valence-electron chi connectivity index (χ3n) is 2.38. The Labute approximate surface area is 90.0 Å². The highest BCUT2D eigenvalue weighted by molar-refractivity contribution is 5.85. The summed E-state index contributed by atoms with van der Waals surface area (Å²) in [5, 5.41) is 11.4. The third kappa shape index (κ3) is 4.29. The molecule has 2 unspecified atom stereocenters. The number of amides is 1. The van der Waals surface area contributed by atoms with Crippen molar-refractivity contribution >= 4 is 11.9 Å². The van der Waals surface area contributed by atoms with Crippen molar-refractivity contribution in [3.05, 3.63) is 0 Å². The summed E-state index contributed by atoms with van der Waals surface area (Å²) in [5.74, 6) is -1.72. The number of carbonyl (C=O) groups is 2. The second-order valence-corrected chi connectivity index (χ2v) is 3.91. The zero-order valence-electron chi connectivity index (χ0n) is 9.49. The van der Waals surface area contributed by atoms with E-state index in [0.29, 0.717) is 6.42 Å². The van der Waals surface area contributed by atoms with Crippen LogP contribution in [0.25, 0.3) is 0 Å². The van der Waals surface area contributed by atoms with E-state index in [9.17, 15) is 9.59 Å². The molecule has 0 aliphatic heterocycles. The molecule has 15 heavy (non-hydrogen) atoms. The second kappa shape index (κ2) is 6.40. The normalized spacial score (nSPS) is 14.7. The maximum atomic E-state index is 11.6. The molecule has 0 fully saturated rings. The number of rotatable bonds is 6. The Hall–Kier alpha value is -1.10. The lowest BCUT2D eigenvalue weighted by molar-refractivity contribution is -0.143. The lowest BCUT2D eigenvalue weighted by Gasteiger charge is -2.20. The lowest BCUT2D eigenvalue weighted by Crippen LogP contribution is -2.47. The number of carboxylic acid groups (broad SMARTS) is 1. The van der Waals surface area contributed by atoms with Crippen LogP contribution in [0.2, 0.25) is 0 Å². The monoisotopic (exact) mass is 216 g/mol. The van der Waals surface area contributed by atoms with Gasteiger partial charge in [0.15, 0.2) is 0 Å². The van der Waals surface area contributed by atoms with E-state index < -0.39 is 12.0 Å². The molecule has 0 aromatic carbocycles. The van der Waals surface area contributed by atoms with Crippen molar-refractivity contribution in [3.8, 4) is 0 Å². The topological polar surface area (TPSA) is 92.4 Å². The SMILES string of the molecule is CCC(CN)C(=O)NC(C(=O)O)C(C)C. The molecule has 0 rings (SSSR count). The number of nitrogens with two attached hydrogens (primary N) is 1. The van der Waals surface area contributed by atoms with Gasteiger partial charge in [0.1, 0.15) is 6.04 Å². The Morgan fingerprint density at radius 1 is 1.40 bits per heavy atom. The smallest absolute Gasteiger partial charge is 0.326 e. The Morgan fingerprint density at radius 2 is 1.93 bits per heavy atom. The molecular weight excluding hydrogens is 196 g/mol. The maximum absolute atomic E-state index is 11.6. The third-order valence-corrected chi connectivity index (χ3v) is 2.38. The molecule has 0 spiro atoms. The van der Waals surface area contributed by atoms with E-state index in [1.54, 1.807) is 13.8 Å². The van der Waals surface area contributed by atoms with Gasteiger partial charge in [-0.05, 0) is 12.3 Å². The summed E-state index contributed by atoms with van der Waals surface area (Å²) in [4.78, 5) is 22.4. The molecule has 2 atom stereocenters. The number of aliphatic carboxylic acids is 1. The van der Waals surface area contributed by atoms with E-state index in [-0.39, 0.29) is 24.3 Å². The predicted octanol–water partition coefficient (Wildman–Crippen LogP) is 0.197. The van der Waals surface area contributed by atoms with Gasteiger partial charge in [-0.25, -0.2) is 4.79 Å². The van der Waals surface area contributed by atoms with Gasteiger partial charge in [0.05, 0.1) is 0 Å². The van der Waals surface area contributed by atoms with E-state index >= 15 is 0 Å². The van der Waals surface area contributed by atoms with Gasteiger partial charge in [0.25, 0.3) is 0 Å². The largest absolute Gasteiger partial charge is 0.480 e. The molecule has 5 nitrogen and oxygen atoms in total. The van der Waals surface area contributed by atoms with Crippen molar-refractivity contribution in [3.63, 3.8) is 0 Å². The highest BCUT2D eigenvalue weighted by atomic mass is 16.4. The van der Waals surface area contributed by atoms with Gasteiger partial charge in [0.2, 0.25) is 5.91 Å². The maximum Gasteiger partial charge on any atom is 0.326 e. The van der Waals surface area contributed by atoms with Crippen molar-refractivity contribution in [1.82, 2.24) is 5.32 Å². The molecule has 0 aromatic heterocycles. The Balaban J connectivity index is 4.41. The van der Waals surface area contributed by atoms with Crippen LogP contribution in [0.5, 0.6) is 0 Å². The molecule has 4 N–H and O–H groups in total. The van der Waals surface area contributed by atoms with Gasteiger partial charge < -0.3 is 16.2 Å². The first-order chi connectivity index (χ1) is 6.93. The van der Waals surface area contributed by atoms with Crippen LogP contribution in [0.1, 0.15) is 27.2 Å². The molecule has 0 aromatic rings. The standard InChI is InChI=1S/C10H20N2O3/c1-4-7(5-11)9(13)12-8(6(2)3)10(14)15/h6-8H,4-5,11H2,1-3H3,(H,12,13)(H,14,15). The average Bonchev–Trinajstić information content (AvgIpc) is 2.15. The minimum absolute atomic E-state index is 0.137. The number of carbonyl (C=O) groups excluding carboxylic acids is 1. The number of carboxylic acids is 1. The minimum Gasteiger partial charge on any atom is -0.480 e.